The number of aromatic carboxylic acids is 1. The molecule has 0 saturated heterocycles. The molecule has 0 unspecified atom stereocenters. The number of aromatic nitrogens is 3. The average Bonchev–Trinajstić information content (AvgIpc) is 3.24. The Bertz CT molecular complexity index is 1380. The summed E-state index contributed by atoms with van der Waals surface area (Å²) in [7, 11) is 0. The summed E-state index contributed by atoms with van der Waals surface area (Å²) < 4.78 is 7.58. The first-order valence-electron chi connectivity index (χ1n) is 9.69. The zero-order chi connectivity index (χ0) is 21.2. The Labute approximate surface area is 178 Å². The number of hydrogen-bond acceptors (Lipinski definition) is 4. The van der Waals surface area contributed by atoms with Crippen LogP contribution in [0.3, 0.4) is 0 Å². The third-order valence-corrected chi connectivity index (χ3v) is 4.93. The van der Waals surface area contributed by atoms with Gasteiger partial charge < -0.3 is 9.84 Å². The fourth-order valence-corrected chi connectivity index (χ4v) is 3.52. The molecule has 0 atom stereocenters. The Kier molecular flexibility index (Phi) is 4.65. The molecule has 0 bridgehead atoms. The highest BCUT2D eigenvalue weighted by Crippen LogP contribution is 2.34. The summed E-state index contributed by atoms with van der Waals surface area (Å²) in [6.45, 7) is 0. The number of ether oxygens (including phenoxy) is 1. The van der Waals surface area contributed by atoms with E-state index in [2.05, 4.69) is 10.1 Å². The smallest absolute Gasteiger partial charge is 0.341 e. The summed E-state index contributed by atoms with van der Waals surface area (Å²) in [6.07, 6.45) is 3.02. The second-order valence-electron chi connectivity index (χ2n) is 6.93. The summed E-state index contributed by atoms with van der Waals surface area (Å²) in [5.41, 5.74) is 3.70. The molecular formula is C25H17N3O3. The van der Waals surface area contributed by atoms with Crippen molar-refractivity contribution in [1.82, 2.24) is 14.6 Å². The van der Waals surface area contributed by atoms with Gasteiger partial charge in [0, 0.05) is 17.3 Å². The molecule has 0 amide bonds. The van der Waals surface area contributed by atoms with Crippen molar-refractivity contribution < 1.29 is 14.6 Å². The second kappa shape index (κ2) is 7.76. The van der Waals surface area contributed by atoms with E-state index in [4.69, 9.17) is 4.74 Å². The van der Waals surface area contributed by atoms with E-state index in [1.165, 1.54) is 6.20 Å². The number of fused-ring (bicyclic) bond motifs is 1. The number of nitrogens with zero attached hydrogens (tertiary/aromatic N) is 3. The molecule has 0 radical (unpaired) electrons. The highest BCUT2D eigenvalue weighted by atomic mass is 16.5. The first-order chi connectivity index (χ1) is 15.2. The topological polar surface area (TPSA) is 76.7 Å². The van der Waals surface area contributed by atoms with E-state index in [1.807, 2.05) is 84.9 Å². The summed E-state index contributed by atoms with van der Waals surface area (Å²) in [5.74, 6) is 0.329. The van der Waals surface area contributed by atoms with Gasteiger partial charge in [-0.3, -0.25) is 0 Å². The second-order valence-corrected chi connectivity index (χ2v) is 6.93. The van der Waals surface area contributed by atoms with Gasteiger partial charge in [-0.1, -0.05) is 60.7 Å². The Morgan fingerprint density at radius 2 is 1.48 bits per heavy atom. The molecule has 2 aromatic heterocycles. The molecule has 6 heteroatoms. The zero-order valence-corrected chi connectivity index (χ0v) is 16.3. The first-order valence-corrected chi connectivity index (χ1v) is 9.69. The van der Waals surface area contributed by atoms with Gasteiger partial charge in [-0.2, -0.15) is 5.10 Å². The van der Waals surface area contributed by atoms with Crippen molar-refractivity contribution in [2.24, 2.45) is 0 Å². The van der Waals surface area contributed by atoms with Gasteiger partial charge in [-0.15, -0.1) is 0 Å². The van der Waals surface area contributed by atoms with Crippen molar-refractivity contribution in [3.8, 4) is 33.9 Å². The predicted octanol–water partition coefficient (Wildman–Crippen LogP) is 5.55. The van der Waals surface area contributed by atoms with Crippen LogP contribution in [-0.4, -0.2) is 25.7 Å². The molecule has 0 aliphatic rings. The predicted molar refractivity (Wildman–Crippen MR) is 117 cm³/mol. The number of carbonyl (C=O) groups is 1. The first kappa shape index (κ1) is 18.6. The highest BCUT2D eigenvalue weighted by Gasteiger charge is 2.19. The van der Waals surface area contributed by atoms with E-state index in [1.54, 1.807) is 10.7 Å². The number of benzene rings is 3. The fourth-order valence-electron chi connectivity index (χ4n) is 3.52. The van der Waals surface area contributed by atoms with Crippen LogP contribution in [0.5, 0.6) is 11.5 Å². The van der Waals surface area contributed by atoms with Gasteiger partial charge in [0.05, 0.1) is 11.9 Å². The van der Waals surface area contributed by atoms with Crippen LogP contribution >= 0.6 is 0 Å². The van der Waals surface area contributed by atoms with Crippen molar-refractivity contribution in [1.29, 1.82) is 0 Å². The van der Waals surface area contributed by atoms with Gasteiger partial charge in [-0.05, 0) is 29.8 Å². The molecule has 0 spiro atoms. The number of rotatable bonds is 5. The maximum Gasteiger partial charge on any atom is 0.341 e. The molecule has 0 aliphatic heterocycles. The lowest BCUT2D eigenvalue weighted by molar-refractivity contribution is 0.0698. The number of hydrogen-bond donors (Lipinski definition) is 1. The molecule has 1 N–H and O–H groups in total. The maximum atomic E-state index is 11.6. The van der Waals surface area contributed by atoms with Crippen LogP contribution < -0.4 is 4.74 Å². The van der Waals surface area contributed by atoms with E-state index in [-0.39, 0.29) is 11.2 Å². The number of para-hydroxylation sites is 1. The molecule has 0 saturated carbocycles. The lowest BCUT2D eigenvalue weighted by Crippen LogP contribution is -2.02. The van der Waals surface area contributed by atoms with Crippen LogP contribution in [0.1, 0.15) is 10.4 Å². The minimum atomic E-state index is -1.07. The van der Waals surface area contributed by atoms with Crippen LogP contribution in [0.15, 0.2) is 97.3 Å². The van der Waals surface area contributed by atoms with E-state index >= 15 is 0 Å². The van der Waals surface area contributed by atoms with Gasteiger partial charge in [0.15, 0.2) is 5.65 Å². The molecule has 0 aliphatic carbocycles. The van der Waals surface area contributed by atoms with Crippen LogP contribution in [0.25, 0.3) is 28.0 Å². The Hall–Kier alpha value is -4.45. The van der Waals surface area contributed by atoms with Crippen LogP contribution in [0, 0.1) is 0 Å². The van der Waals surface area contributed by atoms with Crippen LogP contribution in [-0.2, 0) is 0 Å². The molecule has 0 fully saturated rings. The zero-order valence-electron chi connectivity index (χ0n) is 16.3. The van der Waals surface area contributed by atoms with E-state index in [9.17, 15) is 9.90 Å². The van der Waals surface area contributed by atoms with Gasteiger partial charge in [-0.25, -0.2) is 14.3 Å². The van der Waals surface area contributed by atoms with Crippen LogP contribution in [0.2, 0.25) is 0 Å². The number of carboxylic acid groups (broad SMARTS) is 1. The van der Waals surface area contributed by atoms with Gasteiger partial charge in [0.1, 0.15) is 17.1 Å². The molecule has 150 valence electrons. The summed E-state index contributed by atoms with van der Waals surface area (Å²) in [4.78, 5) is 16.0. The van der Waals surface area contributed by atoms with Gasteiger partial charge in [0.2, 0.25) is 0 Å². The third-order valence-electron chi connectivity index (χ3n) is 4.93. The van der Waals surface area contributed by atoms with Crippen LogP contribution in [0.4, 0.5) is 0 Å². The van der Waals surface area contributed by atoms with Crippen molar-refractivity contribution in [3.63, 3.8) is 0 Å². The molecule has 5 aromatic rings. The maximum absolute atomic E-state index is 11.6. The van der Waals surface area contributed by atoms with Crippen molar-refractivity contribution in [3.05, 3.63) is 103 Å². The SMILES string of the molecule is O=C(O)c1cnn2c(-c3cccc(Oc4ccccc4)c3)c(-c3ccccc3)cnc12. The Morgan fingerprint density at radius 3 is 2.23 bits per heavy atom. The van der Waals surface area contributed by atoms with Gasteiger partial charge >= 0.3 is 5.97 Å². The molecule has 3 aromatic carbocycles. The molecule has 6 nitrogen and oxygen atoms in total. The quantitative estimate of drug-likeness (QED) is 0.413. The van der Waals surface area contributed by atoms with Gasteiger partial charge in [0.25, 0.3) is 0 Å². The summed E-state index contributed by atoms with van der Waals surface area (Å²) >= 11 is 0. The standard InChI is InChI=1S/C25H17N3O3/c29-25(30)22-16-27-28-23(21(15-26-24(22)28)17-8-3-1-4-9-17)18-10-7-13-20(14-18)31-19-11-5-2-6-12-19/h1-16H,(H,29,30). The molecule has 2 heterocycles. The largest absolute Gasteiger partial charge is 0.477 e. The monoisotopic (exact) mass is 407 g/mol. The van der Waals surface area contributed by atoms with Crippen molar-refractivity contribution >= 4 is 11.6 Å². The van der Waals surface area contributed by atoms with E-state index < -0.39 is 5.97 Å². The van der Waals surface area contributed by atoms with Crippen molar-refractivity contribution in [2.45, 2.75) is 0 Å². The normalized spacial score (nSPS) is 10.8. The molecule has 5 rings (SSSR count). The average molecular weight is 407 g/mol. The summed E-state index contributed by atoms with van der Waals surface area (Å²) in [6, 6.07) is 27.0. The molecular weight excluding hydrogens is 390 g/mol. The minimum absolute atomic E-state index is 0.0533. The summed E-state index contributed by atoms with van der Waals surface area (Å²) in [5, 5.41) is 13.9. The van der Waals surface area contributed by atoms with Crippen molar-refractivity contribution in [2.75, 3.05) is 0 Å². The fraction of sp³-hybridized carbons (Fsp3) is 0. The third kappa shape index (κ3) is 3.51. The Balaban J connectivity index is 1.71. The lowest BCUT2D eigenvalue weighted by atomic mass is 10.0. The minimum Gasteiger partial charge on any atom is -0.477 e. The van der Waals surface area contributed by atoms with E-state index in [0.29, 0.717) is 5.75 Å². The molecule has 31 heavy (non-hydrogen) atoms. The van der Waals surface area contributed by atoms with E-state index in [0.717, 1.165) is 28.1 Å². The Morgan fingerprint density at radius 1 is 0.806 bits per heavy atom. The lowest BCUT2D eigenvalue weighted by Gasteiger charge is -2.13. The highest BCUT2D eigenvalue weighted by molar-refractivity contribution is 5.95. The number of carboxylic acids is 1.